The quantitative estimate of drug-likeness (QED) is 0.737. The van der Waals surface area contributed by atoms with Crippen LogP contribution in [0.25, 0.3) is 10.9 Å². The molecular formula is C17H15ClN2O3. The van der Waals surface area contributed by atoms with Gasteiger partial charge in [-0.25, -0.2) is 4.98 Å². The fourth-order valence-corrected chi connectivity index (χ4v) is 2.51. The van der Waals surface area contributed by atoms with Crippen LogP contribution in [0.4, 0.5) is 0 Å². The number of aromatic nitrogens is 2. The van der Waals surface area contributed by atoms with E-state index in [-0.39, 0.29) is 5.56 Å². The SMILES string of the molecule is COc1cc2ncn(Cc3ccc(Cl)cc3)c(=O)c2cc1OC. The van der Waals surface area contributed by atoms with Crippen LogP contribution in [-0.4, -0.2) is 23.8 Å². The van der Waals surface area contributed by atoms with Crippen molar-refractivity contribution >= 4 is 22.5 Å². The number of rotatable bonds is 4. The Bertz CT molecular complexity index is 904. The zero-order chi connectivity index (χ0) is 16.4. The predicted molar refractivity (Wildman–Crippen MR) is 89.7 cm³/mol. The van der Waals surface area contributed by atoms with Crippen LogP contribution < -0.4 is 15.0 Å². The first-order valence-corrected chi connectivity index (χ1v) is 7.36. The Morgan fingerprint density at radius 3 is 2.39 bits per heavy atom. The maximum absolute atomic E-state index is 12.7. The van der Waals surface area contributed by atoms with Crippen LogP contribution in [0.15, 0.2) is 47.5 Å². The van der Waals surface area contributed by atoms with Gasteiger partial charge in [0.25, 0.3) is 5.56 Å². The van der Waals surface area contributed by atoms with E-state index < -0.39 is 0 Å². The largest absolute Gasteiger partial charge is 0.493 e. The lowest BCUT2D eigenvalue weighted by Crippen LogP contribution is -2.21. The highest BCUT2D eigenvalue weighted by molar-refractivity contribution is 6.30. The van der Waals surface area contributed by atoms with Gasteiger partial charge in [-0.15, -0.1) is 0 Å². The normalized spacial score (nSPS) is 10.7. The van der Waals surface area contributed by atoms with Crippen molar-refractivity contribution in [2.24, 2.45) is 0 Å². The van der Waals surface area contributed by atoms with E-state index in [4.69, 9.17) is 21.1 Å². The fourth-order valence-electron chi connectivity index (χ4n) is 2.38. The molecule has 118 valence electrons. The summed E-state index contributed by atoms with van der Waals surface area (Å²) in [5.74, 6) is 1.05. The number of ether oxygens (including phenoxy) is 2. The van der Waals surface area contributed by atoms with E-state index in [2.05, 4.69) is 4.98 Å². The second kappa shape index (κ2) is 6.30. The number of hydrogen-bond acceptors (Lipinski definition) is 4. The Morgan fingerprint density at radius 2 is 1.74 bits per heavy atom. The molecule has 2 aromatic carbocycles. The summed E-state index contributed by atoms with van der Waals surface area (Å²) in [6.07, 6.45) is 1.53. The minimum Gasteiger partial charge on any atom is -0.493 e. The number of methoxy groups -OCH3 is 2. The van der Waals surface area contributed by atoms with Gasteiger partial charge in [0.05, 0.1) is 38.0 Å². The van der Waals surface area contributed by atoms with Crippen molar-refractivity contribution < 1.29 is 9.47 Å². The summed E-state index contributed by atoms with van der Waals surface area (Å²) in [4.78, 5) is 17.0. The molecule has 0 N–H and O–H groups in total. The summed E-state index contributed by atoms with van der Waals surface area (Å²) in [5.41, 5.74) is 1.41. The smallest absolute Gasteiger partial charge is 0.261 e. The van der Waals surface area contributed by atoms with Crippen LogP contribution in [0.1, 0.15) is 5.56 Å². The highest BCUT2D eigenvalue weighted by Crippen LogP contribution is 2.29. The summed E-state index contributed by atoms with van der Waals surface area (Å²) in [7, 11) is 3.08. The van der Waals surface area contributed by atoms with E-state index in [0.717, 1.165) is 5.56 Å². The van der Waals surface area contributed by atoms with Gasteiger partial charge in [0, 0.05) is 11.1 Å². The lowest BCUT2D eigenvalue weighted by Gasteiger charge is -2.10. The van der Waals surface area contributed by atoms with Crippen molar-refractivity contribution in [2.75, 3.05) is 14.2 Å². The third-order valence-electron chi connectivity index (χ3n) is 3.60. The Morgan fingerprint density at radius 1 is 1.09 bits per heavy atom. The molecule has 0 unspecified atom stereocenters. The predicted octanol–water partition coefficient (Wildman–Crippen LogP) is 3.12. The number of fused-ring (bicyclic) bond motifs is 1. The standard InChI is InChI=1S/C17H15ClN2O3/c1-22-15-7-13-14(8-16(15)23-2)19-10-20(17(13)21)9-11-3-5-12(18)6-4-11/h3-8,10H,9H2,1-2H3. The molecule has 0 fully saturated rings. The molecule has 1 aromatic heterocycles. The maximum atomic E-state index is 12.7. The van der Waals surface area contributed by atoms with E-state index in [0.29, 0.717) is 34.0 Å². The van der Waals surface area contributed by atoms with Crippen LogP contribution in [0.2, 0.25) is 5.02 Å². The molecule has 0 saturated carbocycles. The summed E-state index contributed by atoms with van der Waals surface area (Å²) in [6.45, 7) is 0.424. The number of benzene rings is 2. The molecule has 3 aromatic rings. The van der Waals surface area contributed by atoms with Gasteiger partial charge in [-0.1, -0.05) is 23.7 Å². The number of halogens is 1. The van der Waals surface area contributed by atoms with Gasteiger partial charge in [-0.3, -0.25) is 9.36 Å². The highest BCUT2D eigenvalue weighted by atomic mass is 35.5. The van der Waals surface area contributed by atoms with Gasteiger partial charge in [-0.05, 0) is 23.8 Å². The van der Waals surface area contributed by atoms with Gasteiger partial charge >= 0.3 is 0 Å². The Labute approximate surface area is 138 Å². The monoisotopic (exact) mass is 330 g/mol. The first-order valence-electron chi connectivity index (χ1n) is 6.98. The van der Waals surface area contributed by atoms with Crippen molar-refractivity contribution in [3.8, 4) is 11.5 Å². The van der Waals surface area contributed by atoms with Gasteiger partial charge in [-0.2, -0.15) is 0 Å². The second-order valence-electron chi connectivity index (χ2n) is 5.03. The maximum Gasteiger partial charge on any atom is 0.261 e. The summed E-state index contributed by atoms with van der Waals surface area (Å²) >= 11 is 5.88. The van der Waals surface area contributed by atoms with Crippen LogP contribution in [0.3, 0.4) is 0 Å². The molecule has 0 spiro atoms. The van der Waals surface area contributed by atoms with E-state index in [1.807, 2.05) is 12.1 Å². The summed E-state index contributed by atoms with van der Waals surface area (Å²) in [6, 6.07) is 10.7. The Kier molecular flexibility index (Phi) is 4.21. The Balaban J connectivity index is 2.07. The van der Waals surface area contributed by atoms with Crippen LogP contribution in [0, 0.1) is 0 Å². The van der Waals surface area contributed by atoms with E-state index >= 15 is 0 Å². The lowest BCUT2D eigenvalue weighted by molar-refractivity contribution is 0.355. The molecule has 5 nitrogen and oxygen atoms in total. The molecule has 0 amide bonds. The third kappa shape index (κ3) is 3.00. The van der Waals surface area contributed by atoms with Crippen molar-refractivity contribution in [3.63, 3.8) is 0 Å². The topological polar surface area (TPSA) is 53.4 Å². The molecular weight excluding hydrogens is 316 g/mol. The number of nitrogens with zero attached hydrogens (tertiary/aromatic N) is 2. The first-order chi connectivity index (χ1) is 11.1. The molecule has 3 rings (SSSR count). The van der Waals surface area contributed by atoms with Gasteiger partial charge in [0.1, 0.15) is 0 Å². The zero-order valence-corrected chi connectivity index (χ0v) is 13.5. The molecule has 0 bridgehead atoms. The van der Waals surface area contributed by atoms with Crippen molar-refractivity contribution in [2.45, 2.75) is 6.54 Å². The fraction of sp³-hybridized carbons (Fsp3) is 0.176. The van der Waals surface area contributed by atoms with Crippen LogP contribution in [-0.2, 0) is 6.54 Å². The molecule has 0 aliphatic rings. The highest BCUT2D eigenvalue weighted by Gasteiger charge is 2.11. The molecule has 0 atom stereocenters. The second-order valence-corrected chi connectivity index (χ2v) is 5.46. The molecule has 1 heterocycles. The van der Waals surface area contributed by atoms with Gasteiger partial charge in [0.2, 0.25) is 0 Å². The van der Waals surface area contributed by atoms with E-state index in [9.17, 15) is 4.79 Å². The first kappa shape index (κ1) is 15.4. The molecule has 0 aliphatic carbocycles. The average molecular weight is 331 g/mol. The molecule has 23 heavy (non-hydrogen) atoms. The van der Waals surface area contributed by atoms with Crippen LogP contribution >= 0.6 is 11.6 Å². The number of hydrogen-bond donors (Lipinski definition) is 0. The molecule has 0 aliphatic heterocycles. The van der Waals surface area contributed by atoms with Gasteiger partial charge < -0.3 is 9.47 Å². The zero-order valence-electron chi connectivity index (χ0n) is 12.7. The third-order valence-corrected chi connectivity index (χ3v) is 3.85. The van der Waals surface area contributed by atoms with Gasteiger partial charge in [0.15, 0.2) is 11.5 Å². The minimum atomic E-state index is -0.133. The Hall–Kier alpha value is -2.53. The van der Waals surface area contributed by atoms with Crippen LogP contribution in [0.5, 0.6) is 11.5 Å². The molecule has 0 saturated heterocycles. The minimum absolute atomic E-state index is 0.133. The summed E-state index contributed by atoms with van der Waals surface area (Å²) in [5, 5.41) is 1.15. The van der Waals surface area contributed by atoms with Crippen molar-refractivity contribution in [1.82, 2.24) is 9.55 Å². The average Bonchev–Trinajstić information content (AvgIpc) is 2.58. The van der Waals surface area contributed by atoms with Crippen molar-refractivity contribution in [1.29, 1.82) is 0 Å². The lowest BCUT2D eigenvalue weighted by atomic mass is 10.2. The molecule has 6 heteroatoms. The van der Waals surface area contributed by atoms with Crippen molar-refractivity contribution in [3.05, 3.63) is 63.7 Å². The van der Waals surface area contributed by atoms with E-state index in [1.54, 1.807) is 35.9 Å². The summed E-state index contributed by atoms with van der Waals surface area (Å²) < 4.78 is 12.0. The van der Waals surface area contributed by atoms with E-state index in [1.165, 1.54) is 13.4 Å². The molecule has 0 radical (unpaired) electrons.